The molecule has 0 atom stereocenters. The molecule has 17 heavy (non-hydrogen) atoms. The van der Waals surface area contributed by atoms with E-state index in [2.05, 4.69) is 5.10 Å². The summed E-state index contributed by atoms with van der Waals surface area (Å²) in [6, 6.07) is 7.28. The van der Waals surface area contributed by atoms with Gasteiger partial charge in [0.2, 0.25) is 0 Å². The summed E-state index contributed by atoms with van der Waals surface area (Å²) in [6.45, 7) is 3.69. The van der Waals surface area contributed by atoms with Crippen molar-refractivity contribution in [1.82, 2.24) is 0 Å². The number of carbonyl (C=O) groups is 1. The van der Waals surface area contributed by atoms with Gasteiger partial charge in [-0.05, 0) is 26.0 Å². The molecule has 0 heterocycles. The lowest BCUT2D eigenvalue weighted by Crippen LogP contribution is -2.20. The lowest BCUT2D eigenvalue weighted by Gasteiger charge is -2.15. The minimum absolute atomic E-state index is 0.286. The van der Waals surface area contributed by atoms with Crippen molar-refractivity contribution in [1.29, 1.82) is 0 Å². The molecule has 0 unspecified atom stereocenters. The fraction of sp³-hybridized carbons (Fsp3) is 0.333. The van der Waals surface area contributed by atoms with Gasteiger partial charge in [-0.1, -0.05) is 23.7 Å². The summed E-state index contributed by atoms with van der Waals surface area (Å²) in [6.07, 6.45) is 0. The van der Waals surface area contributed by atoms with Crippen LogP contribution in [-0.4, -0.2) is 25.3 Å². The van der Waals surface area contributed by atoms with E-state index in [4.69, 9.17) is 16.3 Å². The van der Waals surface area contributed by atoms with Gasteiger partial charge >= 0.3 is 5.97 Å². The molecule has 0 saturated heterocycles. The summed E-state index contributed by atoms with van der Waals surface area (Å²) in [5.41, 5.74) is 1.02. The molecule has 0 fully saturated rings. The van der Waals surface area contributed by atoms with E-state index < -0.39 is 5.97 Å². The SMILES string of the molecule is CCOC(=O)/C(C)=N/N(C)c1ccccc1Cl. The van der Waals surface area contributed by atoms with Gasteiger partial charge in [-0.15, -0.1) is 0 Å². The van der Waals surface area contributed by atoms with E-state index in [1.54, 1.807) is 32.0 Å². The van der Waals surface area contributed by atoms with Crippen LogP contribution in [0.15, 0.2) is 29.4 Å². The molecule has 0 aliphatic rings. The van der Waals surface area contributed by atoms with Crippen molar-refractivity contribution >= 4 is 29.0 Å². The standard InChI is InChI=1S/C12H15ClN2O2/c1-4-17-12(16)9(2)14-15(3)11-8-6-5-7-10(11)13/h5-8H,4H2,1-3H3/b14-9+. The quantitative estimate of drug-likeness (QED) is 0.471. The summed E-state index contributed by atoms with van der Waals surface area (Å²) >= 11 is 6.02. The molecule has 0 aromatic heterocycles. The van der Waals surface area contributed by atoms with Gasteiger partial charge in [0.05, 0.1) is 17.3 Å². The van der Waals surface area contributed by atoms with E-state index in [9.17, 15) is 4.79 Å². The van der Waals surface area contributed by atoms with Crippen molar-refractivity contribution in [3.63, 3.8) is 0 Å². The van der Waals surface area contributed by atoms with Crippen LogP contribution in [0.1, 0.15) is 13.8 Å². The number of rotatable bonds is 4. The third-order valence-corrected chi connectivity index (χ3v) is 2.39. The van der Waals surface area contributed by atoms with Gasteiger partial charge < -0.3 is 4.74 Å². The summed E-state index contributed by atoms with van der Waals surface area (Å²) in [5, 5.41) is 6.25. The topological polar surface area (TPSA) is 41.9 Å². The largest absolute Gasteiger partial charge is 0.461 e. The fourth-order valence-electron chi connectivity index (χ4n) is 1.27. The Bertz CT molecular complexity index is 432. The van der Waals surface area contributed by atoms with Crippen LogP contribution in [-0.2, 0) is 9.53 Å². The average Bonchev–Trinajstić information content (AvgIpc) is 2.29. The first-order valence-electron chi connectivity index (χ1n) is 5.26. The first-order chi connectivity index (χ1) is 8.06. The molecule has 1 aromatic rings. The number of anilines is 1. The Morgan fingerprint density at radius 2 is 2.12 bits per heavy atom. The van der Waals surface area contributed by atoms with Crippen LogP contribution in [0.4, 0.5) is 5.69 Å². The maximum atomic E-state index is 11.4. The third kappa shape index (κ3) is 3.75. The molecule has 0 amide bonds. The van der Waals surface area contributed by atoms with E-state index in [1.165, 1.54) is 0 Å². The molecule has 92 valence electrons. The van der Waals surface area contributed by atoms with Crippen LogP contribution >= 0.6 is 11.6 Å². The molecule has 0 bridgehead atoms. The highest BCUT2D eigenvalue weighted by Crippen LogP contribution is 2.24. The molecule has 0 spiro atoms. The van der Waals surface area contributed by atoms with Crippen molar-refractivity contribution in [3.8, 4) is 0 Å². The Morgan fingerprint density at radius 3 is 2.71 bits per heavy atom. The molecule has 0 radical (unpaired) electrons. The smallest absolute Gasteiger partial charge is 0.354 e. The molecule has 0 N–H and O–H groups in total. The van der Waals surface area contributed by atoms with Crippen LogP contribution < -0.4 is 5.01 Å². The van der Waals surface area contributed by atoms with Crippen LogP contribution in [0.5, 0.6) is 0 Å². The molecule has 5 heteroatoms. The lowest BCUT2D eigenvalue weighted by atomic mass is 10.3. The van der Waals surface area contributed by atoms with Crippen molar-refractivity contribution in [3.05, 3.63) is 29.3 Å². The van der Waals surface area contributed by atoms with Crippen LogP contribution in [0.25, 0.3) is 0 Å². The Labute approximate surface area is 106 Å². The van der Waals surface area contributed by atoms with E-state index in [1.807, 2.05) is 18.2 Å². The minimum Gasteiger partial charge on any atom is -0.461 e. The Morgan fingerprint density at radius 1 is 1.47 bits per heavy atom. The summed E-state index contributed by atoms with van der Waals surface area (Å²) in [7, 11) is 1.73. The van der Waals surface area contributed by atoms with Crippen LogP contribution in [0.3, 0.4) is 0 Å². The first-order valence-corrected chi connectivity index (χ1v) is 5.64. The van der Waals surface area contributed by atoms with Crippen molar-refractivity contribution in [2.45, 2.75) is 13.8 Å². The minimum atomic E-state index is -0.425. The molecule has 1 aromatic carbocycles. The Kier molecular flexibility index (Phi) is 4.97. The monoisotopic (exact) mass is 254 g/mol. The molecule has 0 aliphatic carbocycles. The molecule has 4 nitrogen and oxygen atoms in total. The second-order valence-corrected chi connectivity index (χ2v) is 3.79. The average molecular weight is 255 g/mol. The molecule has 0 aliphatic heterocycles. The van der Waals surface area contributed by atoms with Gasteiger partial charge in [0.15, 0.2) is 0 Å². The Hall–Kier alpha value is -1.55. The van der Waals surface area contributed by atoms with Crippen molar-refractivity contribution in [2.24, 2.45) is 5.10 Å². The van der Waals surface area contributed by atoms with E-state index in [-0.39, 0.29) is 5.71 Å². The van der Waals surface area contributed by atoms with Gasteiger partial charge in [-0.3, -0.25) is 5.01 Å². The Balaban J connectivity index is 2.85. The maximum absolute atomic E-state index is 11.4. The number of esters is 1. The predicted molar refractivity (Wildman–Crippen MR) is 69.6 cm³/mol. The number of hydrazone groups is 1. The van der Waals surface area contributed by atoms with E-state index in [0.717, 1.165) is 5.69 Å². The van der Waals surface area contributed by atoms with Crippen LogP contribution in [0.2, 0.25) is 5.02 Å². The van der Waals surface area contributed by atoms with Crippen LogP contribution in [0, 0.1) is 0 Å². The molecule has 0 saturated carbocycles. The third-order valence-electron chi connectivity index (χ3n) is 2.07. The number of hydrogen-bond donors (Lipinski definition) is 0. The van der Waals surface area contributed by atoms with E-state index >= 15 is 0 Å². The van der Waals surface area contributed by atoms with Gasteiger partial charge in [0.25, 0.3) is 0 Å². The highest BCUT2D eigenvalue weighted by Gasteiger charge is 2.09. The van der Waals surface area contributed by atoms with Gasteiger partial charge in [0, 0.05) is 7.05 Å². The number of para-hydroxylation sites is 1. The molecular weight excluding hydrogens is 240 g/mol. The number of ether oxygens (including phenoxy) is 1. The zero-order valence-electron chi connectivity index (χ0n) is 10.1. The number of carbonyl (C=O) groups excluding carboxylic acids is 1. The maximum Gasteiger partial charge on any atom is 0.354 e. The van der Waals surface area contributed by atoms with Gasteiger partial charge in [-0.2, -0.15) is 5.10 Å². The number of halogens is 1. The normalized spacial score (nSPS) is 11.2. The zero-order valence-corrected chi connectivity index (χ0v) is 10.9. The number of benzene rings is 1. The molecular formula is C12H15ClN2O2. The van der Waals surface area contributed by atoms with Gasteiger partial charge in [0.1, 0.15) is 5.71 Å². The summed E-state index contributed by atoms with van der Waals surface area (Å²) in [5.74, 6) is -0.425. The van der Waals surface area contributed by atoms with E-state index in [0.29, 0.717) is 11.6 Å². The fourth-order valence-corrected chi connectivity index (χ4v) is 1.53. The highest BCUT2D eigenvalue weighted by atomic mass is 35.5. The second-order valence-electron chi connectivity index (χ2n) is 3.38. The highest BCUT2D eigenvalue weighted by molar-refractivity contribution is 6.36. The first kappa shape index (κ1) is 13.5. The van der Waals surface area contributed by atoms with Crippen molar-refractivity contribution < 1.29 is 9.53 Å². The number of hydrogen-bond acceptors (Lipinski definition) is 4. The summed E-state index contributed by atoms with van der Waals surface area (Å²) < 4.78 is 4.84. The zero-order chi connectivity index (χ0) is 12.8. The predicted octanol–water partition coefficient (Wildman–Crippen LogP) is 2.72. The van der Waals surface area contributed by atoms with Crippen molar-refractivity contribution in [2.75, 3.05) is 18.7 Å². The summed E-state index contributed by atoms with van der Waals surface area (Å²) in [4.78, 5) is 11.4. The lowest BCUT2D eigenvalue weighted by molar-refractivity contribution is -0.135. The second kappa shape index (κ2) is 6.25. The van der Waals surface area contributed by atoms with Gasteiger partial charge in [-0.25, -0.2) is 4.79 Å². The number of nitrogens with zero attached hydrogens (tertiary/aromatic N) is 2. The molecule has 1 rings (SSSR count).